The molecule has 1 unspecified atom stereocenters. The van der Waals surface area contributed by atoms with E-state index in [1.807, 2.05) is 49.4 Å². The molecule has 0 heterocycles. The summed E-state index contributed by atoms with van der Waals surface area (Å²) in [5.41, 5.74) is 2.68. The molecule has 0 aliphatic carbocycles. The minimum absolute atomic E-state index is 0.0988. The fraction of sp³-hybridized carbons (Fsp3) is 0.316. The molecule has 0 aromatic heterocycles. The normalized spacial score (nSPS) is 11.6. The summed E-state index contributed by atoms with van der Waals surface area (Å²) in [5, 5.41) is 14.9. The van der Waals surface area contributed by atoms with Crippen molar-refractivity contribution in [3.8, 4) is 5.75 Å². The lowest BCUT2D eigenvalue weighted by Gasteiger charge is -2.20. The van der Waals surface area contributed by atoms with E-state index in [1.165, 1.54) is 0 Å². The van der Waals surface area contributed by atoms with Crippen LogP contribution in [-0.2, 0) is 0 Å². The van der Waals surface area contributed by atoms with E-state index in [1.54, 1.807) is 13.2 Å². The van der Waals surface area contributed by atoms with E-state index in [9.17, 15) is 4.79 Å². The molecule has 5 nitrogen and oxygen atoms in total. The van der Waals surface area contributed by atoms with Gasteiger partial charge in [0, 0.05) is 18.4 Å². The van der Waals surface area contributed by atoms with E-state index >= 15 is 0 Å². The van der Waals surface area contributed by atoms with Crippen LogP contribution >= 0.6 is 0 Å². The average molecular weight is 328 g/mol. The van der Waals surface area contributed by atoms with Crippen molar-refractivity contribution in [1.29, 1.82) is 0 Å². The van der Waals surface area contributed by atoms with Gasteiger partial charge in [0.1, 0.15) is 5.75 Å². The molecule has 128 valence electrons. The van der Waals surface area contributed by atoms with Crippen LogP contribution < -0.4 is 15.4 Å². The van der Waals surface area contributed by atoms with E-state index in [-0.39, 0.29) is 18.7 Å². The molecule has 2 aromatic carbocycles. The van der Waals surface area contributed by atoms with Gasteiger partial charge in [-0.1, -0.05) is 36.4 Å². The van der Waals surface area contributed by atoms with Gasteiger partial charge >= 0.3 is 6.03 Å². The maximum absolute atomic E-state index is 12.4. The van der Waals surface area contributed by atoms with Gasteiger partial charge in [-0.2, -0.15) is 0 Å². The lowest BCUT2D eigenvalue weighted by molar-refractivity contribution is 0.243. The Morgan fingerprint density at radius 2 is 1.96 bits per heavy atom. The number of nitrogens with one attached hydrogen (secondary N) is 2. The maximum atomic E-state index is 12.4. The van der Waals surface area contributed by atoms with E-state index in [0.29, 0.717) is 24.3 Å². The molecule has 2 amide bonds. The lowest BCUT2D eigenvalue weighted by atomic mass is 10.0. The molecule has 24 heavy (non-hydrogen) atoms. The smallest absolute Gasteiger partial charge is 0.319 e. The molecule has 0 aliphatic heterocycles. The van der Waals surface area contributed by atoms with E-state index in [0.717, 1.165) is 11.1 Å². The number of carbonyl (C=O) groups excluding carboxylic acids is 1. The first kappa shape index (κ1) is 17.8. The minimum atomic E-state index is -0.279. The Hall–Kier alpha value is -2.53. The number of amides is 2. The number of aliphatic hydroxyl groups excluding tert-OH is 1. The minimum Gasteiger partial charge on any atom is -0.497 e. The summed E-state index contributed by atoms with van der Waals surface area (Å²) < 4.78 is 5.20. The summed E-state index contributed by atoms with van der Waals surface area (Å²) >= 11 is 0. The number of rotatable bonds is 7. The largest absolute Gasteiger partial charge is 0.497 e. The third-order valence-corrected chi connectivity index (χ3v) is 3.85. The summed E-state index contributed by atoms with van der Waals surface area (Å²) in [6.45, 7) is 2.02. The number of hydrogen-bond acceptors (Lipinski definition) is 3. The zero-order valence-corrected chi connectivity index (χ0v) is 14.1. The van der Waals surface area contributed by atoms with Gasteiger partial charge in [0.25, 0.3) is 0 Å². The summed E-state index contributed by atoms with van der Waals surface area (Å²) in [6, 6.07) is 14.9. The molecular weight excluding hydrogens is 304 g/mol. The number of carbonyl (C=O) groups is 1. The Labute approximate surface area is 142 Å². The van der Waals surface area contributed by atoms with Crippen molar-refractivity contribution in [3.63, 3.8) is 0 Å². The number of hydrogen-bond donors (Lipinski definition) is 3. The summed E-state index contributed by atoms with van der Waals surface area (Å²) in [6.07, 6.45) is 1.29. The zero-order valence-electron chi connectivity index (χ0n) is 14.1. The summed E-state index contributed by atoms with van der Waals surface area (Å²) in [5.74, 6) is 0.691. The number of urea groups is 1. The molecule has 0 spiro atoms. The van der Waals surface area contributed by atoms with Crippen molar-refractivity contribution in [2.24, 2.45) is 0 Å². The van der Waals surface area contributed by atoms with Crippen LogP contribution in [0.5, 0.6) is 5.75 Å². The number of benzene rings is 2. The highest BCUT2D eigenvalue weighted by Crippen LogP contribution is 2.22. The van der Waals surface area contributed by atoms with Crippen LogP contribution in [0.2, 0.25) is 0 Å². The van der Waals surface area contributed by atoms with Crippen LogP contribution in [0, 0.1) is 6.92 Å². The maximum Gasteiger partial charge on any atom is 0.319 e. The molecule has 5 heteroatoms. The van der Waals surface area contributed by atoms with E-state index in [2.05, 4.69) is 10.6 Å². The predicted molar refractivity (Wildman–Crippen MR) is 95.4 cm³/mol. The van der Waals surface area contributed by atoms with Gasteiger partial charge in [-0.05, 0) is 37.0 Å². The average Bonchev–Trinajstić information content (AvgIpc) is 2.61. The molecule has 2 aromatic rings. The van der Waals surface area contributed by atoms with Gasteiger partial charge < -0.3 is 20.5 Å². The van der Waals surface area contributed by atoms with Crippen LogP contribution in [0.4, 0.5) is 10.5 Å². The van der Waals surface area contributed by atoms with Crippen molar-refractivity contribution in [3.05, 3.63) is 59.7 Å². The predicted octanol–water partition coefficient (Wildman–Crippen LogP) is 3.64. The fourth-order valence-corrected chi connectivity index (χ4v) is 2.48. The van der Waals surface area contributed by atoms with Crippen LogP contribution in [0.3, 0.4) is 0 Å². The van der Waals surface area contributed by atoms with Crippen LogP contribution in [0.15, 0.2) is 48.5 Å². The second kappa shape index (κ2) is 8.93. The third-order valence-electron chi connectivity index (χ3n) is 3.85. The zero-order chi connectivity index (χ0) is 17.4. The molecule has 1 atom stereocenters. The molecule has 0 fully saturated rings. The second-order valence-corrected chi connectivity index (χ2v) is 5.61. The molecule has 0 bridgehead atoms. The van der Waals surface area contributed by atoms with Crippen molar-refractivity contribution >= 4 is 11.7 Å². The number of methoxy groups -OCH3 is 1. The quantitative estimate of drug-likeness (QED) is 0.727. The highest BCUT2D eigenvalue weighted by Gasteiger charge is 2.15. The first-order chi connectivity index (χ1) is 11.6. The van der Waals surface area contributed by atoms with Crippen molar-refractivity contribution in [2.45, 2.75) is 25.8 Å². The van der Waals surface area contributed by atoms with Gasteiger partial charge in [-0.3, -0.25) is 0 Å². The van der Waals surface area contributed by atoms with E-state index < -0.39 is 0 Å². The number of ether oxygens (including phenoxy) is 1. The van der Waals surface area contributed by atoms with Crippen LogP contribution in [0.25, 0.3) is 0 Å². The highest BCUT2D eigenvalue weighted by atomic mass is 16.5. The Morgan fingerprint density at radius 1 is 1.21 bits per heavy atom. The van der Waals surface area contributed by atoms with Crippen molar-refractivity contribution < 1.29 is 14.6 Å². The van der Waals surface area contributed by atoms with Crippen LogP contribution in [0.1, 0.15) is 30.0 Å². The molecule has 2 rings (SSSR count). The fourth-order valence-electron chi connectivity index (χ4n) is 2.48. The lowest BCUT2D eigenvalue weighted by Crippen LogP contribution is -2.33. The SMILES string of the molecule is COc1ccc(C)c(NC(=O)NC(CCCO)c2ccccc2)c1. The molecule has 0 aliphatic rings. The molecule has 0 radical (unpaired) electrons. The summed E-state index contributed by atoms with van der Waals surface area (Å²) in [7, 11) is 1.59. The third kappa shape index (κ3) is 4.99. The Bertz CT molecular complexity index is 659. The first-order valence-corrected chi connectivity index (χ1v) is 8.02. The van der Waals surface area contributed by atoms with Gasteiger partial charge in [-0.15, -0.1) is 0 Å². The van der Waals surface area contributed by atoms with Gasteiger partial charge in [-0.25, -0.2) is 4.79 Å². The Morgan fingerprint density at radius 3 is 2.62 bits per heavy atom. The molecular formula is C19H24N2O3. The second-order valence-electron chi connectivity index (χ2n) is 5.61. The highest BCUT2D eigenvalue weighted by molar-refractivity contribution is 5.90. The van der Waals surface area contributed by atoms with Crippen LogP contribution in [-0.4, -0.2) is 24.9 Å². The van der Waals surface area contributed by atoms with Crippen molar-refractivity contribution in [1.82, 2.24) is 5.32 Å². The Balaban J connectivity index is 2.07. The summed E-state index contributed by atoms with van der Waals surface area (Å²) in [4.78, 5) is 12.4. The number of aryl methyl sites for hydroxylation is 1. The van der Waals surface area contributed by atoms with Crippen molar-refractivity contribution in [2.75, 3.05) is 19.0 Å². The first-order valence-electron chi connectivity index (χ1n) is 8.02. The van der Waals surface area contributed by atoms with Gasteiger partial charge in [0.05, 0.1) is 13.2 Å². The molecule has 0 saturated carbocycles. The number of anilines is 1. The Kier molecular flexibility index (Phi) is 6.63. The van der Waals surface area contributed by atoms with E-state index in [4.69, 9.17) is 9.84 Å². The standard InChI is InChI=1S/C19H24N2O3/c1-14-10-11-16(24-2)13-18(14)21-19(23)20-17(9-6-12-22)15-7-4-3-5-8-15/h3-5,7-8,10-11,13,17,22H,6,9,12H2,1-2H3,(H2,20,21,23). The number of aliphatic hydroxyl groups is 1. The van der Waals surface area contributed by atoms with Gasteiger partial charge in [0.2, 0.25) is 0 Å². The molecule has 3 N–H and O–H groups in total. The van der Waals surface area contributed by atoms with Gasteiger partial charge in [0.15, 0.2) is 0 Å². The topological polar surface area (TPSA) is 70.6 Å². The monoisotopic (exact) mass is 328 g/mol. The molecule has 0 saturated heterocycles.